The van der Waals surface area contributed by atoms with Gasteiger partial charge in [-0.15, -0.1) is 0 Å². The standard InChI is InChI=1S/C14H15ClN4O2/c15-12-7-10(1-4-16-12)14(20)17-13-8-11(18-19-13)9-2-5-21-6-3-9/h1,4,7-9H,2-3,5-6H2,(H2,17,18,19,20). The Morgan fingerprint density at radius 1 is 1.38 bits per heavy atom. The van der Waals surface area contributed by atoms with E-state index in [2.05, 4.69) is 20.5 Å². The summed E-state index contributed by atoms with van der Waals surface area (Å²) in [7, 11) is 0. The second-order valence-electron chi connectivity index (χ2n) is 4.92. The molecule has 0 saturated carbocycles. The van der Waals surface area contributed by atoms with Gasteiger partial charge in [0.2, 0.25) is 0 Å². The van der Waals surface area contributed by atoms with Crippen LogP contribution in [-0.4, -0.2) is 34.3 Å². The van der Waals surface area contributed by atoms with E-state index in [1.807, 2.05) is 6.07 Å². The van der Waals surface area contributed by atoms with Crippen LogP contribution in [0.1, 0.15) is 34.8 Å². The number of anilines is 1. The third-order valence-corrected chi connectivity index (χ3v) is 3.70. The van der Waals surface area contributed by atoms with E-state index in [0.717, 1.165) is 31.7 Å². The zero-order chi connectivity index (χ0) is 14.7. The fourth-order valence-corrected chi connectivity index (χ4v) is 2.52. The molecule has 0 aliphatic carbocycles. The molecule has 1 aliphatic rings. The molecule has 3 heterocycles. The van der Waals surface area contributed by atoms with Gasteiger partial charge in [0.05, 0.1) is 0 Å². The normalized spacial score (nSPS) is 15.9. The summed E-state index contributed by atoms with van der Waals surface area (Å²) >= 11 is 5.77. The summed E-state index contributed by atoms with van der Waals surface area (Å²) in [5.74, 6) is 0.658. The second kappa shape index (κ2) is 6.24. The van der Waals surface area contributed by atoms with Crippen LogP contribution in [0.3, 0.4) is 0 Å². The molecule has 6 nitrogen and oxygen atoms in total. The van der Waals surface area contributed by atoms with Crippen LogP contribution in [0.15, 0.2) is 24.4 Å². The monoisotopic (exact) mass is 306 g/mol. The van der Waals surface area contributed by atoms with Crippen molar-refractivity contribution in [2.24, 2.45) is 0 Å². The van der Waals surface area contributed by atoms with Gasteiger partial charge in [-0.2, -0.15) is 5.10 Å². The van der Waals surface area contributed by atoms with E-state index in [-0.39, 0.29) is 11.1 Å². The summed E-state index contributed by atoms with van der Waals surface area (Å²) in [6.45, 7) is 1.53. The van der Waals surface area contributed by atoms with Crippen LogP contribution >= 0.6 is 11.6 Å². The van der Waals surface area contributed by atoms with Crippen molar-refractivity contribution in [2.45, 2.75) is 18.8 Å². The molecule has 1 amide bonds. The molecule has 0 aromatic carbocycles. The smallest absolute Gasteiger partial charge is 0.257 e. The van der Waals surface area contributed by atoms with E-state index in [0.29, 0.717) is 17.3 Å². The highest BCUT2D eigenvalue weighted by atomic mass is 35.5. The van der Waals surface area contributed by atoms with Crippen LogP contribution in [0.2, 0.25) is 5.15 Å². The number of carbonyl (C=O) groups excluding carboxylic acids is 1. The first kappa shape index (κ1) is 14.0. The Morgan fingerprint density at radius 3 is 2.95 bits per heavy atom. The number of aromatic nitrogens is 3. The topological polar surface area (TPSA) is 79.9 Å². The summed E-state index contributed by atoms with van der Waals surface area (Å²) in [6.07, 6.45) is 3.43. The molecule has 7 heteroatoms. The lowest BCUT2D eigenvalue weighted by Gasteiger charge is -2.20. The molecule has 0 unspecified atom stereocenters. The minimum Gasteiger partial charge on any atom is -0.381 e. The molecule has 21 heavy (non-hydrogen) atoms. The summed E-state index contributed by atoms with van der Waals surface area (Å²) in [5, 5.41) is 10.1. The first-order valence-electron chi connectivity index (χ1n) is 6.78. The van der Waals surface area contributed by atoms with Crippen LogP contribution < -0.4 is 5.32 Å². The molecule has 3 rings (SSSR count). The predicted octanol–water partition coefficient (Wildman–Crippen LogP) is 2.60. The average molecular weight is 307 g/mol. The zero-order valence-corrected chi connectivity index (χ0v) is 12.1. The highest BCUT2D eigenvalue weighted by molar-refractivity contribution is 6.29. The SMILES string of the molecule is O=C(Nc1cc(C2CCOCC2)[nH]n1)c1ccnc(Cl)c1. The highest BCUT2D eigenvalue weighted by Crippen LogP contribution is 2.26. The lowest BCUT2D eigenvalue weighted by Crippen LogP contribution is -2.14. The van der Waals surface area contributed by atoms with Gasteiger partial charge in [-0.1, -0.05) is 11.6 Å². The summed E-state index contributed by atoms with van der Waals surface area (Å²) in [6, 6.07) is 4.99. The molecule has 2 aromatic rings. The van der Waals surface area contributed by atoms with Gasteiger partial charge in [-0.05, 0) is 25.0 Å². The van der Waals surface area contributed by atoms with Gasteiger partial charge < -0.3 is 10.1 Å². The maximum Gasteiger partial charge on any atom is 0.257 e. The minimum atomic E-state index is -0.260. The number of H-pyrrole nitrogens is 1. The van der Waals surface area contributed by atoms with Crippen LogP contribution in [0.5, 0.6) is 0 Å². The molecule has 1 aliphatic heterocycles. The summed E-state index contributed by atoms with van der Waals surface area (Å²) < 4.78 is 5.34. The molecule has 0 atom stereocenters. The molecule has 1 fully saturated rings. The van der Waals surface area contributed by atoms with E-state index in [4.69, 9.17) is 16.3 Å². The van der Waals surface area contributed by atoms with Gasteiger partial charge in [-0.3, -0.25) is 9.89 Å². The zero-order valence-electron chi connectivity index (χ0n) is 11.3. The van der Waals surface area contributed by atoms with Crippen molar-refractivity contribution >= 4 is 23.3 Å². The van der Waals surface area contributed by atoms with Gasteiger partial charge in [0.15, 0.2) is 5.82 Å². The number of pyridine rings is 1. The lowest BCUT2D eigenvalue weighted by molar-refractivity contribution is 0.0845. The first-order valence-corrected chi connectivity index (χ1v) is 7.16. The van der Waals surface area contributed by atoms with Crippen molar-refractivity contribution in [1.29, 1.82) is 0 Å². The molecule has 0 spiro atoms. The van der Waals surface area contributed by atoms with E-state index < -0.39 is 0 Å². The molecule has 110 valence electrons. The fourth-order valence-electron chi connectivity index (χ4n) is 2.35. The number of ether oxygens (including phenoxy) is 1. The van der Waals surface area contributed by atoms with Crippen molar-refractivity contribution in [2.75, 3.05) is 18.5 Å². The molecule has 0 radical (unpaired) electrons. The number of amides is 1. The Labute approximate surface area is 126 Å². The van der Waals surface area contributed by atoms with Crippen LogP contribution in [0, 0.1) is 0 Å². The minimum absolute atomic E-state index is 0.260. The molecule has 0 bridgehead atoms. The lowest BCUT2D eigenvalue weighted by atomic mass is 9.97. The van der Waals surface area contributed by atoms with Crippen molar-refractivity contribution in [3.8, 4) is 0 Å². The molecule has 1 saturated heterocycles. The number of hydrogen-bond donors (Lipinski definition) is 2. The Morgan fingerprint density at radius 2 is 2.19 bits per heavy atom. The Bertz CT molecular complexity index is 637. The highest BCUT2D eigenvalue weighted by Gasteiger charge is 2.18. The van der Waals surface area contributed by atoms with Gasteiger partial charge in [0.25, 0.3) is 5.91 Å². The molecule has 2 aromatic heterocycles. The second-order valence-corrected chi connectivity index (χ2v) is 5.30. The number of hydrogen-bond acceptors (Lipinski definition) is 4. The van der Waals surface area contributed by atoms with E-state index in [1.165, 1.54) is 12.3 Å². The predicted molar refractivity (Wildman–Crippen MR) is 78.6 cm³/mol. The van der Waals surface area contributed by atoms with Gasteiger partial charge >= 0.3 is 0 Å². The summed E-state index contributed by atoms with van der Waals surface area (Å²) in [4.78, 5) is 15.9. The number of halogens is 1. The Balaban J connectivity index is 1.68. The van der Waals surface area contributed by atoms with E-state index >= 15 is 0 Å². The van der Waals surface area contributed by atoms with Gasteiger partial charge in [-0.25, -0.2) is 4.98 Å². The van der Waals surface area contributed by atoms with Crippen LogP contribution in [0.25, 0.3) is 0 Å². The van der Waals surface area contributed by atoms with Crippen molar-refractivity contribution in [1.82, 2.24) is 15.2 Å². The fraction of sp³-hybridized carbons (Fsp3) is 0.357. The number of nitrogens with zero attached hydrogens (tertiary/aromatic N) is 2. The third-order valence-electron chi connectivity index (χ3n) is 3.49. The van der Waals surface area contributed by atoms with Gasteiger partial charge in [0.1, 0.15) is 5.15 Å². The molecular formula is C14H15ClN4O2. The van der Waals surface area contributed by atoms with Crippen LogP contribution in [0.4, 0.5) is 5.82 Å². The maximum absolute atomic E-state index is 12.1. The van der Waals surface area contributed by atoms with Crippen molar-refractivity contribution in [3.05, 3.63) is 40.8 Å². The molecule has 2 N–H and O–H groups in total. The average Bonchev–Trinajstić information content (AvgIpc) is 2.97. The number of aromatic amines is 1. The Hall–Kier alpha value is -1.92. The third kappa shape index (κ3) is 3.40. The van der Waals surface area contributed by atoms with Crippen molar-refractivity contribution < 1.29 is 9.53 Å². The van der Waals surface area contributed by atoms with Gasteiger partial charge in [0, 0.05) is 42.7 Å². The quantitative estimate of drug-likeness (QED) is 0.854. The van der Waals surface area contributed by atoms with E-state index in [9.17, 15) is 4.79 Å². The van der Waals surface area contributed by atoms with Crippen molar-refractivity contribution in [3.63, 3.8) is 0 Å². The number of rotatable bonds is 3. The Kier molecular flexibility index (Phi) is 4.17. The first-order chi connectivity index (χ1) is 10.2. The number of carbonyl (C=O) groups is 1. The molecular weight excluding hydrogens is 292 g/mol. The summed E-state index contributed by atoms with van der Waals surface area (Å²) in [5.41, 5.74) is 1.48. The largest absolute Gasteiger partial charge is 0.381 e. The number of nitrogens with one attached hydrogen (secondary N) is 2. The maximum atomic E-state index is 12.1. The van der Waals surface area contributed by atoms with Crippen LogP contribution in [-0.2, 0) is 4.74 Å². The van der Waals surface area contributed by atoms with E-state index in [1.54, 1.807) is 6.07 Å².